The Hall–Kier alpha value is -1.63. The molecule has 0 N–H and O–H groups in total. The largest absolute Gasteiger partial charge is 0.462 e. The first-order valence-corrected chi connectivity index (χ1v) is 7.79. The Morgan fingerprint density at radius 3 is 3.00 bits per heavy atom. The minimum Gasteiger partial charge on any atom is -0.462 e. The SMILES string of the molecule is CCCCOC(=O)C1=CN2CCS(=O)(=O)N=C2C=C1. The van der Waals surface area contributed by atoms with Crippen LogP contribution in [0, 0.1) is 0 Å². The summed E-state index contributed by atoms with van der Waals surface area (Å²) in [6.45, 7) is 2.72. The van der Waals surface area contributed by atoms with Gasteiger partial charge >= 0.3 is 5.97 Å². The number of carbonyl (C=O) groups is 1. The number of nitrogens with zero attached hydrogens (tertiary/aromatic N) is 2. The molecule has 104 valence electrons. The minimum atomic E-state index is -3.36. The summed E-state index contributed by atoms with van der Waals surface area (Å²) in [6, 6.07) is 0. The number of carbonyl (C=O) groups excluding carboxylic acids is 1. The lowest BCUT2D eigenvalue weighted by Gasteiger charge is -2.26. The Bertz CT molecular complexity index is 560. The molecule has 0 saturated carbocycles. The molecule has 0 aromatic rings. The average Bonchev–Trinajstić information content (AvgIpc) is 2.37. The van der Waals surface area contributed by atoms with Crippen LogP contribution in [0.1, 0.15) is 19.8 Å². The van der Waals surface area contributed by atoms with Crippen molar-refractivity contribution < 1.29 is 17.9 Å². The third kappa shape index (κ3) is 3.44. The molecule has 0 fully saturated rings. The normalized spacial score (nSPS) is 20.4. The number of ether oxygens (including phenoxy) is 1. The fourth-order valence-corrected chi connectivity index (χ4v) is 2.68. The van der Waals surface area contributed by atoms with Gasteiger partial charge < -0.3 is 9.64 Å². The third-order valence-electron chi connectivity index (χ3n) is 2.79. The van der Waals surface area contributed by atoms with Crippen molar-refractivity contribution in [3.05, 3.63) is 23.9 Å². The van der Waals surface area contributed by atoms with Gasteiger partial charge in [-0.15, -0.1) is 4.40 Å². The molecular formula is C12H16N2O4S. The van der Waals surface area contributed by atoms with E-state index in [9.17, 15) is 13.2 Å². The van der Waals surface area contributed by atoms with E-state index in [1.165, 1.54) is 12.2 Å². The molecule has 0 spiro atoms. The highest BCUT2D eigenvalue weighted by atomic mass is 32.2. The van der Waals surface area contributed by atoms with Crippen molar-refractivity contribution in [2.75, 3.05) is 18.9 Å². The highest BCUT2D eigenvalue weighted by molar-refractivity contribution is 7.90. The molecule has 0 unspecified atom stereocenters. The molecule has 0 saturated heterocycles. The Kier molecular flexibility index (Phi) is 4.04. The second-order valence-electron chi connectivity index (χ2n) is 4.34. The molecule has 0 atom stereocenters. The predicted molar refractivity (Wildman–Crippen MR) is 71.0 cm³/mol. The summed E-state index contributed by atoms with van der Waals surface area (Å²) in [5.41, 5.74) is 0.411. The molecule has 2 rings (SSSR count). The number of sulfonamides is 1. The number of amidine groups is 1. The molecule has 0 aromatic carbocycles. The van der Waals surface area contributed by atoms with E-state index in [-0.39, 0.29) is 5.75 Å². The van der Waals surface area contributed by atoms with E-state index >= 15 is 0 Å². The highest BCUT2D eigenvalue weighted by Gasteiger charge is 2.25. The maximum absolute atomic E-state index is 11.7. The Morgan fingerprint density at radius 2 is 2.26 bits per heavy atom. The van der Waals surface area contributed by atoms with Crippen molar-refractivity contribution in [1.29, 1.82) is 0 Å². The summed E-state index contributed by atoms with van der Waals surface area (Å²) in [6.07, 6.45) is 6.43. The first kappa shape index (κ1) is 13.8. The first-order chi connectivity index (χ1) is 9.02. The predicted octanol–water partition coefficient (Wildman–Crippen LogP) is 0.827. The molecule has 2 aliphatic rings. The van der Waals surface area contributed by atoms with Crippen molar-refractivity contribution in [3.63, 3.8) is 0 Å². The summed E-state index contributed by atoms with van der Waals surface area (Å²) < 4.78 is 31.4. The van der Waals surface area contributed by atoms with Gasteiger partial charge in [0.2, 0.25) is 0 Å². The molecule has 2 aliphatic heterocycles. The van der Waals surface area contributed by atoms with E-state index in [0.29, 0.717) is 24.6 Å². The van der Waals surface area contributed by atoms with Gasteiger partial charge in [0.1, 0.15) is 5.84 Å². The second kappa shape index (κ2) is 5.56. The van der Waals surface area contributed by atoms with Crippen molar-refractivity contribution in [3.8, 4) is 0 Å². The molecule has 0 aliphatic carbocycles. The number of hydrogen-bond donors (Lipinski definition) is 0. The number of hydrogen-bond acceptors (Lipinski definition) is 5. The summed E-state index contributed by atoms with van der Waals surface area (Å²) >= 11 is 0. The zero-order valence-corrected chi connectivity index (χ0v) is 11.5. The zero-order valence-electron chi connectivity index (χ0n) is 10.7. The summed E-state index contributed by atoms with van der Waals surface area (Å²) in [5.74, 6) is -0.0903. The Balaban J connectivity index is 2.06. The molecular weight excluding hydrogens is 268 g/mol. The van der Waals surface area contributed by atoms with E-state index in [1.54, 1.807) is 11.1 Å². The Labute approximate surface area is 112 Å². The quantitative estimate of drug-likeness (QED) is 0.564. The smallest absolute Gasteiger partial charge is 0.339 e. The van der Waals surface area contributed by atoms with Crippen LogP contribution in [0.3, 0.4) is 0 Å². The summed E-state index contributed by atoms with van der Waals surface area (Å²) in [7, 11) is -3.36. The van der Waals surface area contributed by atoms with E-state index in [0.717, 1.165) is 12.8 Å². The lowest BCUT2D eigenvalue weighted by Crippen LogP contribution is -2.37. The summed E-state index contributed by atoms with van der Waals surface area (Å²) in [4.78, 5) is 13.4. The zero-order chi connectivity index (χ0) is 13.9. The molecule has 0 radical (unpaired) electrons. The van der Waals surface area contributed by atoms with E-state index < -0.39 is 16.0 Å². The Morgan fingerprint density at radius 1 is 1.47 bits per heavy atom. The van der Waals surface area contributed by atoms with Gasteiger partial charge in [-0.3, -0.25) is 0 Å². The molecule has 19 heavy (non-hydrogen) atoms. The van der Waals surface area contributed by atoms with E-state index in [2.05, 4.69) is 4.40 Å². The number of rotatable bonds is 4. The first-order valence-electron chi connectivity index (χ1n) is 6.18. The van der Waals surface area contributed by atoms with Crippen LogP contribution in [0.4, 0.5) is 0 Å². The van der Waals surface area contributed by atoms with Gasteiger partial charge in [0, 0.05) is 12.7 Å². The maximum Gasteiger partial charge on any atom is 0.339 e. The molecule has 7 heteroatoms. The van der Waals surface area contributed by atoms with Crippen molar-refractivity contribution in [2.24, 2.45) is 4.40 Å². The lowest BCUT2D eigenvalue weighted by atomic mass is 10.2. The van der Waals surface area contributed by atoms with Crippen LogP contribution in [-0.2, 0) is 19.6 Å². The van der Waals surface area contributed by atoms with Crippen molar-refractivity contribution >= 4 is 21.8 Å². The van der Waals surface area contributed by atoms with Gasteiger partial charge in [0.25, 0.3) is 10.0 Å². The van der Waals surface area contributed by atoms with Crippen LogP contribution in [0.15, 0.2) is 28.3 Å². The van der Waals surface area contributed by atoms with Gasteiger partial charge in [-0.25, -0.2) is 13.2 Å². The fraction of sp³-hybridized carbons (Fsp3) is 0.500. The number of unbranched alkanes of at least 4 members (excludes halogenated alkanes) is 1. The van der Waals surface area contributed by atoms with Crippen molar-refractivity contribution in [2.45, 2.75) is 19.8 Å². The van der Waals surface area contributed by atoms with Gasteiger partial charge in [0.15, 0.2) is 0 Å². The van der Waals surface area contributed by atoms with Gasteiger partial charge in [-0.2, -0.15) is 0 Å². The topological polar surface area (TPSA) is 76.0 Å². The van der Waals surface area contributed by atoms with Crippen LogP contribution in [0.2, 0.25) is 0 Å². The minimum absolute atomic E-state index is 0.0427. The fourth-order valence-electron chi connectivity index (χ4n) is 1.71. The molecule has 0 aromatic heterocycles. The van der Waals surface area contributed by atoms with Gasteiger partial charge in [-0.05, 0) is 18.6 Å². The standard InChI is InChI=1S/C12H16N2O4S/c1-2-3-7-18-12(15)10-4-5-11-13-19(16,17)8-6-14(11)9-10/h4-5,9H,2-3,6-8H2,1H3. The molecule has 0 amide bonds. The summed E-state index contributed by atoms with van der Waals surface area (Å²) in [5, 5.41) is 0. The second-order valence-corrected chi connectivity index (χ2v) is 6.09. The van der Waals surface area contributed by atoms with Crippen LogP contribution in [-0.4, -0.2) is 44.0 Å². The van der Waals surface area contributed by atoms with Crippen LogP contribution >= 0.6 is 0 Å². The third-order valence-corrected chi connectivity index (χ3v) is 3.95. The van der Waals surface area contributed by atoms with Crippen molar-refractivity contribution in [1.82, 2.24) is 4.90 Å². The van der Waals surface area contributed by atoms with E-state index in [1.807, 2.05) is 6.92 Å². The monoisotopic (exact) mass is 284 g/mol. The molecule has 0 bridgehead atoms. The van der Waals surface area contributed by atoms with Gasteiger partial charge in [0.05, 0.1) is 17.9 Å². The maximum atomic E-state index is 11.7. The lowest BCUT2D eigenvalue weighted by molar-refractivity contribution is -0.138. The van der Waals surface area contributed by atoms with Crippen LogP contribution < -0.4 is 0 Å². The van der Waals surface area contributed by atoms with E-state index in [4.69, 9.17) is 4.74 Å². The average molecular weight is 284 g/mol. The molecule has 6 nitrogen and oxygen atoms in total. The van der Waals surface area contributed by atoms with Gasteiger partial charge in [-0.1, -0.05) is 13.3 Å². The van der Waals surface area contributed by atoms with Crippen LogP contribution in [0.5, 0.6) is 0 Å². The molecule has 2 heterocycles. The highest BCUT2D eigenvalue weighted by Crippen LogP contribution is 2.16. The number of fused-ring (bicyclic) bond motifs is 1. The van der Waals surface area contributed by atoms with Crippen LogP contribution in [0.25, 0.3) is 0 Å². The number of esters is 1.